The van der Waals surface area contributed by atoms with Crippen LogP contribution in [-0.2, 0) is 11.8 Å². The summed E-state index contributed by atoms with van der Waals surface area (Å²) < 4.78 is 1.90. The Bertz CT molecular complexity index is 514. The third-order valence-electron chi connectivity index (χ3n) is 4.76. The highest BCUT2D eigenvalue weighted by Crippen LogP contribution is 2.43. The molecule has 1 aromatic heterocycles. The van der Waals surface area contributed by atoms with Gasteiger partial charge in [0.05, 0.1) is 17.7 Å². The van der Waals surface area contributed by atoms with Gasteiger partial charge in [-0.15, -0.1) is 0 Å². The number of hydrogen-bond acceptors (Lipinski definition) is 3. The zero-order chi connectivity index (χ0) is 13.6. The van der Waals surface area contributed by atoms with Crippen LogP contribution in [0.1, 0.15) is 44.2 Å². The van der Waals surface area contributed by atoms with Crippen LogP contribution in [0.3, 0.4) is 0 Å². The van der Waals surface area contributed by atoms with Crippen molar-refractivity contribution in [2.45, 2.75) is 51.0 Å². The number of aryl methyl sites for hydroxylation is 2. The average Bonchev–Trinajstić information content (AvgIpc) is 2.58. The summed E-state index contributed by atoms with van der Waals surface area (Å²) in [6.45, 7) is 1.95. The molecule has 1 saturated carbocycles. The molecule has 1 aliphatic carbocycles. The summed E-state index contributed by atoms with van der Waals surface area (Å²) in [5.41, 5.74) is 1.76. The number of nitrogens with zero attached hydrogens (tertiary/aromatic N) is 3. The lowest BCUT2D eigenvalue weighted by atomic mass is 9.78. The Balaban J connectivity index is 2.10. The topological polar surface area (TPSA) is 50.2 Å². The van der Waals surface area contributed by atoms with Gasteiger partial charge in [0.1, 0.15) is 5.69 Å². The molecule has 5 nitrogen and oxygen atoms in total. The summed E-state index contributed by atoms with van der Waals surface area (Å²) in [5.74, 6) is 1.17. The lowest BCUT2D eigenvalue weighted by Gasteiger charge is -2.44. The number of fused-ring (bicyclic) bond motifs is 1. The number of nitrogens with one attached hydrogen (secondary N) is 1. The Morgan fingerprint density at radius 1 is 1.21 bits per heavy atom. The number of rotatable bonds is 0. The van der Waals surface area contributed by atoms with Crippen molar-refractivity contribution in [3.63, 3.8) is 0 Å². The molecule has 0 atom stereocenters. The molecule has 1 fully saturated rings. The monoisotopic (exact) mass is 262 g/mol. The Labute approximate surface area is 114 Å². The molecular formula is C14H22N4O. The molecule has 0 saturated heterocycles. The first kappa shape index (κ1) is 12.5. The first-order valence-electron chi connectivity index (χ1n) is 7.11. The van der Waals surface area contributed by atoms with Crippen molar-refractivity contribution in [3.05, 3.63) is 5.69 Å². The highest BCUT2D eigenvalue weighted by Gasteiger charge is 2.42. The Morgan fingerprint density at radius 2 is 1.89 bits per heavy atom. The third-order valence-corrected chi connectivity index (χ3v) is 4.76. The maximum atomic E-state index is 12.3. The second-order valence-electron chi connectivity index (χ2n) is 5.98. The molecule has 2 aliphatic rings. The minimum Gasteiger partial charge on any atom is -0.352 e. The van der Waals surface area contributed by atoms with E-state index < -0.39 is 0 Å². The van der Waals surface area contributed by atoms with E-state index in [0.29, 0.717) is 6.42 Å². The van der Waals surface area contributed by atoms with E-state index >= 15 is 0 Å². The Kier molecular flexibility index (Phi) is 2.80. The van der Waals surface area contributed by atoms with E-state index in [1.807, 2.05) is 18.7 Å². The molecule has 2 heterocycles. The standard InChI is InChI=1S/C14H22N4O/c1-10-12-13(18(3)16-10)17(2)14(9-11(19)15-12)7-5-4-6-8-14/h4-9H2,1-3H3,(H,15,19). The lowest BCUT2D eigenvalue weighted by Crippen LogP contribution is -2.49. The van der Waals surface area contributed by atoms with Crippen molar-refractivity contribution in [1.82, 2.24) is 9.78 Å². The lowest BCUT2D eigenvalue weighted by molar-refractivity contribution is -0.117. The van der Waals surface area contributed by atoms with E-state index in [4.69, 9.17) is 0 Å². The van der Waals surface area contributed by atoms with Crippen LogP contribution in [0, 0.1) is 6.92 Å². The summed E-state index contributed by atoms with van der Waals surface area (Å²) in [5, 5.41) is 7.51. The summed E-state index contributed by atoms with van der Waals surface area (Å²) in [6.07, 6.45) is 6.50. The van der Waals surface area contributed by atoms with Crippen molar-refractivity contribution in [1.29, 1.82) is 0 Å². The van der Waals surface area contributed by atoms with Crippen LogP contribution in [0.15, 0.2) is 0 Å². The molecule has 5 heteroatoms. The quantitative estimate of drug-likeness (QED) is 0.780. The maximum Gasteiger partial charge on any atom is 0.226 e. The molecule has 0 unspecified atom stereocenters. The number of aromatic nitrogens is 2. The number of amides is 1. The van der Waals surface area contributed by atoms with Gasteiger partial charge in [0.2, 0.25) is 5.91 Å². The summed E-state index contributed by atoms with van der Waals surface area (Å²) in [6, 6.07) is 0. The fourth-order valence-electron chi connectivity index (χ4n) is 3.72. The fourth-order valence-corrected chi connectivity index (χ4v) is 3.72. The van der Waals surface area contributed by atoms with Crippen LogP contribution in [0.2, 0.25) is 0 Å². The van der Waals surface area contributed by atoms with Crippen LogP contribution >= 0.6 is 0 Å². The number of hydrogen-bond donors (Lipinski definition) is 1. The van der Waals surface area contributed by atoms with Crippen LogP contribution in [-0.4, -0.2) is 28.3 Å². The maximum absolute atomic E-state index is 12.3. The zero-order valence-electron chi connectivity index (χ0n) is 12.0. The van der Waals surface area contributed by atoms with Gasteiger partial charge in [0.25, 0.3) is 0 Å². The van der Waals surface area contributed by atoms with Gasteiger partial charge in [-0.05, 0) is 19.8 Å². The molecule has 3 rings (SSSR count). The molecule has 1 aromatic rings. The number of carbonyl (C=O) groups is 1. The fraction of sp³-hybridized carbons (Fsp3) is 0.714. The van der Waals surface area contributed by atoms with Crippen LogP contribution in [0.5, 0.6) is 0 Å². The predicted octanol–water partition coefficient (Wildman–Crippen LogP) is 2.21. The summed E-state index contributed by atoms with van der Waals surface area (Å²) in [7, 11) is 4.07. The minimum atomic E-state index is -0.0200. The van der Waals surface area contributed by atoms with E-state index in [1.165, 1.54) is 19.3 Å². The molecule has 1 aliphatic heterocycles. The normalized spacial score (nSPS) is 22.1. The second kappa shape index (κ2) is 4.25. The smallest absolute Gasteiger partial charge is 0.226 e. The van der Waals surface area contributed by atoms with Crippen molar-refractivity contribution < 1.29 is 4.79 Å². The van der Waals surface area contributed by atoms with Gasteiger partial charge in [-0.2, -0.15) is 5.10 Å². The van der Waals surface area contributed by atoms with E-state index in [2.05, 4.69) is 22.4 Å². The Morgan fingerprint density at radius 3 is 2.58 bits per heavy atom. The van der Waals surface area contributed by atoms with Crippen molar-refractivity contribution >= 4 is 17.4 Å². The van der Waals surface area contributed by atoms with Gasteiger partial charge >= 0.3 is 0 Å². The molecule has 0 bridgehead atoms. The Hall–Kier alpha value is -1.52. The molecule has 1 spiro atoms. The highest BCUT2D eigenvalue weighted by atomic mass is 16.1. The summed E-state index contributed by atoms with van der Waals surface area (Å²) >= 11 is 0. The second-order valence-corrected chi connectivity index (χ2v) is 5.98. The highest BCUT2D eigenvalue weighted by molar-refractivity contribution is 5.97. The van der Waals surface area contributed by atoms with Gasteiger partial charge in [-0.1, -0.05) is 19.3 Å². The average molecular weight is 262 g/mol. The van der Waals surface area contributed by atoms with Crippen LogP contribution in [0.4, 0.5) is 11.5 Å². The zero-order valence-corrected chi connectivity index (χ0v) is 12.0. The summed E-state index contributed by atoms with van der Waals surface area (Å²) in [4.78, 5) is 14.6. The molecule has 0 aromatic carbocycles. The molecule has 19 heavy (non-hydrogen) atoms. The SMILES string of the molecule is Cc1nn(C)c2c1NC(=O)CC1(CCCCC1)N2C. The predicted molar refractivity (Wildman–Crippen MR) is 75.4 cm³/mol. The molecule has 0 radical (unpaired) electrons. The molecular weight excluding hydrogens is 240 g/mol. The van der Waals surface area contributed by atoms with Gasteiger partial charge < -0.3 is 10.2 Å². The third kappa shape index (κ3) is 1.83. The molecule has 1 amide bonds. The first-order valence-corrected chi connectivity index (χ1v) is 7.11. The van der Waals surface area contributed by atoms with Gasteiger partial charge in [0.15, 0.2) is 5.82 Å². The van der Waals surface area contributed by atoms with Crippen LogP contribution in [0.25, 0.3) is 0 Å². The molecule has 104 valence electrons. The van der Waals surface area contributed by atoms with E-state index in [0.717, 1.165) is 30.0 Å². The molecule has 1 N–H and O–H groups in total. The largest absolute Gasteiger partial charge is 0.352 e. The van der Waals surface area contributed by atoms with Crippen LogP contribution < -0.4 is 10.2 Å². The minimum absolute atomic E-state index is 0.0200. The number of anilines is 2. The van der Waals surface area contributed by atoms with Gasteiger partial charge in [-0.3, -0.25) is 9.48 Å². The van der Waals surface area contributed by atoms with E-state index in [9.17, 15) is 4.79 Å². The van der Waals surface area contributed by atoms with E-state index in [1.54, 1.807) is 0 Å². The van der Waals surface area contributed by atoms with Gasteiger partial charge in [-0.25, -0.2) is 0 Å². The van der Waals surface area contributed by atoms with Crippen molar-refractivity contribution in [2.24, 2.45) is 7.05 Å². The van der Waals surface area contributed by atoms with Gasteiger partial charge in [0, 0.05) is 14.1 Å². The number of carbonyl (C=O) groups excluding carboxylic acids is 1. The van der Waals surface area contributed by atoms with E-state index in [-0.39, 0.29) is 11.4 Å². The first-order chi connectivity index (χ1) is 9.03. The van der Waals surface area contributed by atoms with Crippen molar-refractivity contribution in [2.75, 3.05) is 17.3 Å². The van der Waals surface area contributed by atoms with Crippen molar-refractivity contribution in [3.8, 4) is 0 Å².